The zero-order chi connectivity index (χ0) is 14.7. The first-order valence-electron chi connectivity index (χ1n) is 6.77. The smallest absolute Gasteiger partial charge is 0.174 e. The molecule has 0 saturated carbocycles. The number of benzene rings is 1. The summed E-state index contributed by atoms with van der Waals surface area (Å²) in [4.78, 5) is 5.58. The summed E-state index contributed by atoms with van der Waals surface area (Å²) in [7, 11) is 1.56. The van der Waals surface area contributed by atoms with Crippen molar-refractivity contribution >= 4 is 5.71 Å². The number of hydrogen-bond donors (Lipinski definition) is 0. The van der Waals surface area contributed by atoms with Crippen LogP contribution in [0.15, 0.2) is 23.4 Å². The van der Waals surface area contributed by atoms with E-state index in [1.54, 1.807) is 13.2 Å². The normalized spacial score (nSPS) is 23.5. The molecule has 3 rings (SSSR count). The standard InChI is InChI=1S/C15H16N2O4/c1-18-13-3-2-11(8-14(13)20-7-5-16)12-9-15(21-17-12)4-6-19-10-15/h2-3,8H,4,6-7,9-10H2,1H3. The van der Waals surface area contributed by atoms with E-state index in [0.29, 0.717) is 24.7 Å². The Labute approximate surface area is 122 Å². The van der Waals surface area contributed by atoms with Gasteiger partial charge in [-0.25, -0.2) is 0 Å². The van der Waals surface area contributed by atoms with E-state index in [9.17, 15) is 0 Å². The fourth-order valence-electron chi connectivity index (χ4n) is 2.56. The molecule has 2 heterocycles. The Balaban J connectivity index is 1.81. The van der Waals surface area contributed by atoms with Crippen molar-refractivity contribution in [2.75, 3.05) is 26.9 Å². The van der Waals surface area contributed by atoms with Gasteiger partial charge in [0, 0.05) is 18.4 Å². The van der Waals surface area contributed by atoms with Crippen LogP contribution in [-0.2, 0) is 9.57 Å². The number of oxime groups is 1. The minimum atomic E-state index is -0.303. The van der Waals surface area contributed by atoms with E-state index in [2.05, 4.69) is 5.16 Å². The molecule has 0 N–H and O–H groups in total. The van der Waals surface area contributed by atoms with E-state index in [4.69, 9.17) is 24.3 Å². The highest BCUT2D eigenvalue weighted by atomic mass is 16.7. The van der Waals surface area contributed by atoms with E-state index in [-0.39, 0.29) is 12.2 Å². The molecule has 2 aliphatic rings. The Kier molecular flexibility index (Phi) is 3.67. The highest BCUT2D eigenvalue weighted by molar-refractivity contribution is 6.02. The fourth-order valence-corrected chi connectivity index (χ4v) is 2.56. The highest BCUT2D eigenvalue weighted by Crippen LogP contribution is 2.36. The summed E-state index contributed by atoms with van der Waals surface area (Å²) in [5, 5.41) is 12.8. The van der Waals surface area contributed by atoms with E-state index < -0.39 is 0 Å². The molecule has 6 nitrogen and oxygen atoms in total. The van der Waals surface area contributed by atoms with Crippen molar-refractivity contribution < 1.29 is 19.0 Å². The van der Waals surface area contributed by atoms with Crippen LogP contribution in [0.5, 0.6) is 11.5 Å². The Hall–Kier alpha value is -2.26. The molecule has 1 unspecified atom stereocenters. The van der Waals surface area contributed by atoms with Gasteiger partial charge in [0.15, 0.2) is 23.7 Å². The number of nitrogens with zero attached hydrogens (tertiary/aromatic N) is 2. The maximum atomic E-state index is 8.64. The van der Waals surface area contributed by atoms with Crippen LogP contribution >= 0.6 is 0 Å². The lowest BCUT2D eigenvalue weighted by Gasteiger charge is -2.17. The fraction of sp³-hybridized carbons (Fsp3) is 0.467. The van der Waals surface area contributed by atoms with Gasteiger partial charge in [0.1, 0.15) is 6.07 Å². The molecule has 0 aromatic heterocycles. The quantitative estimate of drug-likeness (QED) is 0.845. The van der Waals surface area contributed by atoms with Crippen molar-refractivity contribution in [1.82, 2.24) is 0 Å². The maximum absolute atomic E-state index is 8.64. The van der Waals surface area contributed by atoms with E-state index in [1.165, 1.54) is 0 Å². The van der Waals surface area contributed by atoms with Crippen LogP contribution in [0.4, 0.5) is 0 Å². The lowest BCUT2D eigenvalue weighted by Crippen LogP contribution is -2.29. The Morgan fingerprint density at radius 2 is 2.33 bits per heavy atom. The second kappa shape index (κ2) is 5.62. The predicted octanol–water partition coefficient (Wildman–Crippen LogP) is 1.88. The van der Waals surface area contributed by atoms with Gasteiger partial charge in [-0.2, -0.15) is 5.26 Å². The average Bonchev–Trinajstić information content (AvgIpc) is 3.15. The molecule has 1 aromatic carbocycles. The van der Waals surface area contributed by atoms with Gasteiger partial charge in [0.25, 0.3) is 0 Å². The molecule has 0 aliphatic carbocycles. The van der Waals surface area contributed by atoms with Gasteiger partial charge in [-0.05, 0) is 18.2 Å². The first kappa shape index (κ1) is 13.7. The molecule has 1 aromatic rings. The monoisotopic (exact) mass is 288 g/mol. The van der Waals surface area contributed by atoms with Crippen molar-refractivity contribution in [3.8, 4) is 17.6 Å². The number of ether oxygens (including phenoxy) is 3. The van der Waals surface area contributed by atoms with Crippen LogP contribution in [0.1, 0.15) is 18.4 Å². The van der Waals surface area contributed by atoms with Gasteiger partial charge in [0.05, 0.1) is 26.0 Å². The Bertz CT molecular complexity index is 600. The summed E-state index contributed by atoms with van der Waals surface area (Å²) in [5.74, 6) is 1.12. The van der Waals surface area contributed by atoms with Gasteiger partial charge in [-0.1, -0.05) is 5.16 Å². The molecule has 1 atom stereocenters. The van der Waals surface area contributed by atoms with Crippen molar-refractivity contribution in [1.29, 1.82) is 5.26 Å². The summed E-state index contributed by atoms with van der Waals surface area (Å²) in [6, 6.07) is 7.49. The van der Waals surface area contributed by atoms with Crippen molar-refractivity contribution in [3.63, 3.8) is 0 Å². The van der Waals surface area contributed by atoms with Gasteiger partial charge >= 0.3 is 0 Å². The number of nitriles is 1. The zero-order valence-corrected chi connectivity index (χ0v) is 11.8. The lowest BCUT2D eigenvalue weighted by molar-refractivity contribution is -0.0237. The van der Waals surface area contributed by atoms with Gasteiger partial charge in [-0.15, -0.1) is 0 Å². The van der Waals surface area contributed by atoms with Crippen LogP contribution in [-0.4, -0.2) is 38.2 Å². The van der Waals surface area contributed by atoms with Gasteiger partial charge < -0.3 is 19.0 Å². The molecule has 0 amide bonds. The molecule has 1 saturated heterocycles. The van der Waals surface area contributed by atoms with E-state index in [0.717, 1.165) is 24.1 Å². The summed E-state index contributed by atoms with van der Waals surface area (Å²) in [6.07, 6.45) is 1.57. The second-order valence-corrected chi connectivity index (χ2v) is 5.10. The molecular formula is C15H16N2O4. The molecule has 21 heavy (non-hydrogen) atoms. The van der Waals surface area contributed by atoms with E-state index in [1.807, 2.05) is 18.2 Å². The molecule has 1 spiro atoms. The van der Waals surface area contributed by atoms with Crippen molar-refractivity contribution in [2.24, 2.45) is 5.16 Å². The molecule has 0 bridgehead atoms. The van der Waals surface area contributed by atoms with Crippen molar-refractivity contribution in [2.45, 2.75) is 18.4 Å². The summed E-state index contributed by atoms with van der Waals surface area (Å²) in [5.41, 5.74) is 1.47. The largest absolute Gasteiger partial charge is 0.493 e. The van der Waals surface area contributed by atoms with E-state index >= 15 is 0 Å². The number of hydrogen-bond acceptors (Lipinski definition) is 6. The summed E-state index contributed by atoms with van der Waals surface area (Å²) in [6.45, 7) is 1.26. The Morgan fingerprint density at radius 1 is 1.43 bits per heavy atom. The highest BCUT2D eigenvalue weighted by Gasteiger charge is 2.43. The predicted molar refractivity (Wildman–Crippen MR) is 74.5 cm³/mol. The SMILES string of the molecule is COc1ccc(C2=NOC3(CCOC3)C2)cc1OCC#N. The zero-order valence-electron chi connectivity index (χ0n) is 11.8. The van der Waals surface area contributed by atoms with Gasteiger partial charge in [-0.3, -0.25) is 0 Å². The molecule has 0 radical (unpaired) electrons. The van der Waals surface area contributed by atoms with Crippen LogP contribution < -0.4 is 9.47 Å². The third-order valence-electron chi connectivity index (χ3n) is 3.70. The topological polar surface area (TPSA) is 73.1 Å². The van der Waals surface area contributed by atoms with Crippen LogP contribution in [0.3, 0.4) is 0 Å². The first-order valence-corrected chi connectivity index (χ1v) is 6.77. The van der Waals surface area contributed by atoms with Gasteiger partial charge in [0.2, 0.25) is 0 Å². The van der Waals surface area contributed by atoms with Crippen LogP contribution in [0.25, 0.3) is 0 Å². The second-order valence-electron chi connectivity index (χ2n) is 5.10. The minimum Gasteiger partial charge on any atom is -0.493 e. The summed E-state index contributed by atoms with van der Waals surface area (Å²) < 4.78 is 16.0. The molecule has 2 aliphatic heterocycles. The average molecular weight is 288 g/mol. The molecule has 6 heteroatoms. The maximum Gasteiger partial charge on any atom is 0.174 e. The number of rotatable bonds is 4. The molecule has 110 valence electrons. The summed E-state index contributed by atoms with van der Waals surface area (Å²) >= 11 is 0. The minimum absolute atomic E-state index is 0.0272. The Morgan fingerprint density at radius 3 is 3.05 bits per heavy atom. The molecule has 1 fully saturated rings. The van der Waals surface area contributed by atoms with Crippen LogP contribution in [0, 0.1) is 11.3 Å². The number of methoxy groups -OCH3 is 1. The van der Waals surface area contributed by atoms with Crippen LogP contribution in [0.2, 0.25) is 0 Å². The third-order valence-corrected chi connectivity index (χ3v) is 3.70. The first-order chi connectivity index (χ1) is 10.3. The molecular weight excluding hydrogens is 272 g/mol. The van der Waals surface area contributed by atoms with Crippen molar-refractivity contribution in [3.05, 3.63) is 23.8 Å². The lowest BCUT2D eigenvalue weighted by atomic mass is 9.93. The third kappa shape index (κ3) is 2.65.